The second-order valence-electron chi connectivity index (χ2n) is 5.66. The van der Waals surface area contributed by atoms with Crippen LogP contribution in [0.5, 0.6) is 0 Å². The maximum absolute atomic E-state index is 14.8. The molecule has 0 bridgehead atoms. The molecular weight excluding hydrogens is 438 g/mol. The van der Waals surface area contributed by atoms with E-state index < -0.39 is 0 Å². The number of nitrogens with one attached hydrogen (secondary N) is 1. The zero-order valence-corrected chi connectivity index (χ0v) is 16.3. The summed E-state index contributed by atoms with van der Waals surface area (Å²) in [6.07, 6.45) is 0.115. The number of nitrogens with zero attached hydrogens (tertiary/aromatic N) is 1. The summed E-state index contributed by atoms with van der Waals surface area (Å²) in [5, 5.41) is 3.93. The molecule has 0 atom stereocenters. The minimum Gasteiger partial charge on any atom is -0.331 e. The van der Waals surface area contributed by atoms with Gasteiger partial charge in [0.2, 0.25) is 0 Å². The van der Waals surface area contributed by atoms with E-state index in [0.29, 0.717) is 25.3 Å². The number of alkyl halides is 1. The van der Waals surface area contributed by atoms with Crippen LogP contribution < -0.4 is 5.32 Å². The van der Waals surface area contributed by atoms with E-state index in [2.05, 4.69) is 32.9 Å². The summed E-state index contributed by atoms with van der Waals surface area (Å²) in [6, 6.07) is 9.67. The molecule has 1 aromatic heterocycles. The number of carbonyl (C=O) groups is 1. The number of Topliss-reactive ketones (excluding diaryl/α,β-unsaturated/α-hetero) is 1. The zero-order valence-electron chi connectivity index (χ0n) is 13.3. The minimum atomic E-state index is -0.330. The monoisotopic (exact) mass is 454 g/mol. The lowest BCUT2D eigenvalue weighted by Gasteiger charge is -2.05. The highest BCUT2D eigenvalue weighted by Gasteiger charge is 2.17. The third-order valence-electron chi connectivity index (χ3n) is 3.73. The SMILES string of the molecule is CC(=O)Cc1cc(CI)c2nc(Nc3ccccc3C)sc2c1F. The van der Waals surface area contributed by atoms with E-state index in [1.807, 2.05) is 31.2 Å². The van der Waals surface area contributed by atoms with Gasteiger partial charge in [0.05, 0.1) is 10.2 Å². The van der Waals surface area contributed by atoms with Crippen LogP contribution in [-0.2, 0) is 15.6 Å². The highest BCUT2D eigenvalue weighted by Crippen LogP contribution is 2.35. The quantitative estimate of drug-likeness (QED) is 0.406. The van der Waals surface area contributed by atoms with Crippen LogP contribution in [0.15, 0.2) is 30.3 Å². The van der Waals surface area contributed by atoms with Crippen molar-refractivity contribution in [2.75, 3.05) is 5.32 Å². The smallest absolute Gasteiger partial charge is 0.188 e. The average molecular weight is 454 g/mol. The maximum Gasteiger partial charge on any atom is 0.188 e. The van der Waals surface area contributed by atoms with Crippen molar-refractivity contribution in [3.05, 3.63) is 52.8 Å². The number of ketones is 1. The molecule has 0 aliphatic carbocycles. The normalized spacial score (nSPS) is 11.0. The average Bonchev–Trinajstić information content (AvgIpc) is 2.96. The molecule has 24 heavy (non-hydrogen) atoms. The summed E-state index contributed by atoms with van der Waals surface area (Å²) in [5.74, 6) is -0.375. The first-order chi connectivity index (χ1) is 11.5. The molecule has 0 aliphatic rings. The number of benzene rings is 2. The van der Waals surface area contributed by atoms with Crippen molar-refractivity contribution in [3.63, 3.8) is 0 Å². The molecule has 0 amide bonds. The minimum absolute atomic E-state index is 0.0459. The van der Waals surface area contributed by atoms with E-state index in [-0.39, 0.29) is 18.0 Å². The lowest BCUT2D eigenvalue weighted by Crippen LogP contribution is -2.01. The topological polar surface area (TPSA) is 42.0 Å². The molecule has 3 nitrogen and oxygen atoms in total. The Balaban J connectivity index is 2.08. The summed E-state index contributed by atoms with van der Waals surface area (Å²) in [4.78, 5) is 16.0. The fourth-order valence-corrected chi connectivity index (χ4v) is 4.12. The molecule has 0 radical (unpaired) electrons. The van der Waals surface area contributed by atoms with Crippen LogP contribution in [0.1, 0.15) is 23.6 Å². The van der Waals surface area contributed by atoms with Gasteiger partial charge in [0.1, 0.15) is 11.6 Å². The summed E-state index contributed by atoms with van der Waals surface area (Å²) < 4.78 is 16.0. The number of para-hydroxylation sites is 1. The van der Waals surface area contributed by atoms with Crippen LogP contribution in [0.25, 0.3) is 10.2 Å². The molecule has 0 saturated carbocycles. The Morgan fingerprint density at radius 1 is 1.33 bits per heavy atom. The summed E-state index contributed by atoms with van der Waals surface area (Å²) in [6.45, 7) is 3.49. The van der Waals surface area contributed by atoms with Crippen LogP contribution in [0.3, 0.4) is 0 Å². The second-order valence-corrected chi connectivity index (χ2v) is 7.42. The molecule has 2 aromatic carbocycles. The van der Waals surface area contributed by atoms with Gasteiger partial charge in [-0.05, 0) is 42.7 Å². The lowest BCUT2D eigenvalue weighted by atomic mass is 10.1. The van der Waals surface area contributed by atoms with Crippen molar-refractivity contribution in [2.24, 2.45) is 0 Å². The highest BCUT2D eigenvalue weighted by atomic mass is 127. The standard InChI is InChI=1S/C18H16FIN2OS/c1-10-5-3-4-6-14(10)21-18-22-16-13(9-20)8-12(7-11(2)23)15(19)17(16)24-18/h3-6,8H,7,9H2,1-2H3,(H,21,22). The molecule has 0 spiro atoms. The van der Waals surface area contributed by atoms with Crippen molar-refractivity contribution >= 4 is 60.7 Å². The van der Waals surface area contributed by atoms with E-state index in [4.69, 9.17) is 0 Å². The number of thiazole rings is 1. The van der Waals surface area contributed by atoms with Crippen molar-refractivity contribution in [2.45, 2.75) is 24.7 Å². The first kappa shape index (κ1) is 17.3. The number of anilines is 2. The van der Waals surface area contributed by atoms with Gasteiger partial charge in [-0.2, -0.15) is 0 Å². The fourth-order valence-electron chi connectivity index (χ4n) is 2.55. The highest BCUT2D eigenvalue weighted by molar-refractivity contribution is 14.1. The van der Waals surface area contributed by atoms with E-state index in [0.717, 1.165) is 16.8 Å². The largest absolute Gasteiger partial charge is 0.331 e. The number of halogens is 2. The third kappa shape index (κ3) is 3.44. The van der Waals surface area contributed by atoms with Crippen molar-refractivity contribution in [1.82, 2.24) is 4.98 Å². The predicted octanol–water partition coefficient (Wildman–Crippen LogP) is 5.55. The third-order valence-corrected chi connectivity index (χ3v) is 5.52. The zero-order chi connectivity index (χ0) is 17.3. The molecule has 0 unspecified atom stereocenters. The van der Waals surface area contributed by atoms with Crippen LogP contribution >= 0.6 is 33.9 Å². The molecule has 1 heterocycles. The van der Waals surface area contributed by atoms with Gasteiger partial charge in [0, 0.05) is 16.5 Å². The number of fused-ring (bicyclic) bond motifs is 1. The Morgan fingerprint density at radius 2 is 2.08 bits per heavy atom. The maximum atomic E-state index is 14.8. The van der Waals surface area contributed by atoms with Gasteiger partial charge in [-0.1, -0.05) is 52.1 Å². The molecule has 124 valence electrons. The van der Waals surface area contributed by atoms with Crippen LogP contribution in [0.4, 0.5) is 15.2 Å². The number of hydrogen-bond donors (Lipinski definition) is 1. The Morgan fingerprint density at radius 3 is 2.75 bits per heavy atom. The Hall–Kier alpha value is -1.54. The first-order valence-corrected chi connectivity index (χ1v) is 9.82. The van der Waals surface area contributed by atoms with E-state index >= 15 is 0 Å². The van der Waals surface area contributed by atoms with Crippen molar-refractivity contribution in [1.29, 1.82) is 0 Å². The number of aryl methyl sites for hydroxylation is 1. The number of rotatable bonds is 5. The number of aromatic nitrogens is 1. The van der Waals surface area contributed by atoms with Crippen LogP contribution in [0.2, 0.25) is 0 Å². The van der Waals surface area contributed by atoms with E-state index in [1.165, 1.54) is 18.3 Å². The molecule has 0 aliphatic heterocycles. The van der Waals surface area contributed by atoms with Gasteiger partial charge in [-0.15, -0.1) is 0 Å². The van der Waals surface area contributed by atoms with Gasteiger partial charge >= 0.3 is 0 Å². The molecule has 0 fully saturated rings. The molecule has 1 N–H and O–H groups in total. The van der Waals surface area contributed by atoms with Crippen LogP contribution in [-0.4, -0.2) is 10.8 Å². The molecule has 6 heteroatoms. The molecular formula is C18H16FIN2OS. The lowest BCUT2D eigenvalue weighted by molar-refractivity contribution is -0.116. The van der Waals surface area contributed by atoms with E-state index in [9.17, 15) is 9.18 Å². The van der Waals surface area contributed by atoms with Gasteiger partial charge in [0.15, 0.2) is 5.13 Å². The number of carbonyl (C=O) groups excluding carboxylic acids is 1. The summed E-state index contributed by atoms with van der Waals surface area (Å²) in [5.41, 5.74) is 4.14. The second kappa shape index (κ2) is 7.14. The number of hydrogen-bond acceptors (Lipinski definition) is 4. The summed E-state index contributed by atoms with van der Waals surface area (Å²) >= 11 is 3.52. The Kier molecular flexibility index (Phi) is 5.15. The first-order valence-electron chi connectivity index (χ1n) is 7.48. The fraction of sp³-hybridized carbons (Fsp3) is 0.222. The van der Waals surface area contributed by atoms with Gasteiger partial charge in [0.25, 0.3) is 0 Å². The summed E-state index contributed by atoms with van der Waals surface area (Å²) in [7, 11) is 0. The van der Waals surface area contributed by atoms with Crippen molar-refractivity contribution < 1.29 is 9.18 Å². The molecule has 3 rings (SSSR count). The molecule has 3 aromatic rings. The van der Waals surface area contributed by atoms with Gasteiger partial charge < -0.3 is 5.32 Å². The van der Waals surface area contributed by atoms with Crippen molar-refractivity contribution in [3.8, 4) is 0 Å². The Bertz CT molecular complexity index is 923. The van der Waals surface area contributed by atoms with Gasteiger partial charge in [-0.3, -0.25) is 4.79 Å². The van der Waals surface area contributed by atoms with Gasteiger partial charge in [-0.25, -0.2) is 9.37 Å². The predicted molar refractivity (Wildman–Crippen MR) is 106 cm³/mol. The molecule has 0 saturated heterocycles. The van der Waals surface area contributed by atoms with Crippen LogP contribution in [0, 0.1) is 12.7 Å². The van der Waals surface area contributed by atoms with E-state index in [1.54, 1.807) is 6.07 Å². The Labute approximate surface area is 157 Å².